The van der Waals surface area contributed by atoms with E-state index < -0.39 is 28.5 Å². The van der Waals surface area contributed by atoms with Crippen molar-refractivity contribution in [3.05, 3.63) is 90.0 Å². The van der Waals surface area contributed by atoms with Gasteiger partial charge in [-0.05, 0) is 75.1 Å². The Kier molecular flexibility index (Phi) is 11.3. The Morgan fingerprint density at radius 2 is 1.54 bits per heavy atom. The third-order valence-corrected chi connectivity index (χ3v) is 8.91. The molecule has 0 heterocycles. The van der Waals surface area contributed by atoms with Crippen LogP contribution in [0, 0.1) is 6.92 Å². The van der Waals surface area contributed by atoms with E-state index in [4.69, 9.17) is 4.74 Å². The van der Waals surface area contributed by atoms with Gasteiger partial charge in [-0.1, -0.05) is 61.9 Å². The fraction of sp³-hybridized carbons (Fsp3) is 0.375. The quantitative estimate of drug-likeness (QED) is 0.291. The third-order valence-electron chi connectivity index (χ3n) is 7.12. The SMILES string of the molecule is CCC(C)NC(=O)C(CC)N(CCc1ccccc1)C(=O)CN(c1ccc(OC)cc1)S(=O)(=O)c1ccc(C)cc1. The summed E-state index contributed by atoms with van der Waals surface area (Å²) in [6.07, 6.45) is 1.66. The normalized spacial score (nSPS) is 12.7. The summed E-state index contributed by atoms with van der Waals surface area (Å²) in [5.41, 5.74) is 2.25. The second kappa shape index (κ2) is 14.7. The summed E-state index contributed by atoms with van der Waals surface area (Å²) in [6.45, 7) is 7.42. The van der Waals surface area contributed by atoms with Crippen molar-refractivity contribution >= 4 is 27.5 Å². The van der Waals surface area contributed by atoms with Crippen molar-refractivity contribution in [2.24, 2.45) is 0 Å². The highest BCUT2D eigenvalue weighted by Crippen LogP contribution is 2.26. The van der Waals surface area contributed by atoms with Crippen LogP contribution in [0.3, 0.4) is 0 Å². The van der Waals surface area contributed by atoms with Gasteiger partial charge in [0.15, 0.2) is 0 Å². The summed E-state index contributed by atoms with van der Waals surface area (Å²) in [5, 5.41) is 2.99. The first-order valence-electron chi connectivity index (χ1n) is 14.0. The van der Waals surface area contributed by atoms with Crippen LogP contribution >= 0.6 is 0 Å². The van der Waals surface area contributed by atoms with Crippen LogP contribution in [0.15, 0.2) is 83.8 Å². The average molecular weight is 580 g/mol. The van der Waals surface area contributed by atoms with Crippen molar-refractivity contribution in [1.82, 2.24) is 10.2 Å². The monoisotopic (exact) mass is 579 g/mol. The third kappa shape index (κ3) is 8.33. The lowest BCUT2D eigenvalue weighted by Crippen LogP contribution is -2.54. The van der Waals surface area contributed by atoms with Crippen molar-refractivity contribution in [1.29, 1.82) is 0 Å². The Balaban J connectivity index is 2.01. The zero-order valence-electron chi connectivity index (χ0n) is 24.5. The fourth-order valence-electron chi connectivity index (χ4n) is 4.45. The predicted octanol–water partition coefficient (Wildman–Crippen LogP) is 4.96. The van der Waals surface area contributed by atoms with Crippen molar-refractivity contribution in [3.63, 3.8) is 0 Å². The van der Waals surface area contributed by atoms with E-state index in [1.807, 2.05) is 58.0 Å². The Morgan fingerprint density at radius 3 is 2.10 bits per heavy atom. The molecular weight excluding hydrogens is 538 g/mol. The summed E-state index contributed by atoms with van der Waals surface area (Å²) in [5.74, 6) is -0.149. The van der Waals surface area contributed by atoms with Gasteiger partial charge in [-0.2, -0.15) is 0 Å². The van der Waals surface area contributed by atoms with Gasteiger partial charge in [0.25, 0.3) is 10.0 Å². The van der Waals surface area contributed by atoms with Gasteiger partial charge in [-0.25, -0.2) is 8.42 Å². The zero-order valence-corrected chi connectivity index (χ0v) is 25.4. The second-order valence-corrected chi connectivity index (χ2v) is 11.9. The number of carbonyl (C=O) groups excluding carboxylic acids is 2. The summed E-state index contributed by atoms with van der Waals surface area (Å²) < 4.78 is 34.2. The minimum absolute atomic E-state index is 0.0552. The van der Waals surface area contributed by atoms with Crippen LogP contribution in [0.5, 0.6) is 5.75 Å². The van der Waals surface area contributed by atoms with Crippen LogP contribution in [0.1, 0.15) is 44.7 Å². The summed E-state index contributed by atoms with van der Waals surface area (Å²) in [7, 11) is -2.59. The highest BCUT2D eigenvalue weighted by atomic mass is 32.2. The number of methoxy groups -OCH3 is 1. The Bertz CT molecular complexity index is 1380. The number of amides is 2. The van der Waals surface area contributed by atoms with Crippen LogP contribution in [0.2, 0.25) is 0 Å². The number of nitrogens with one attached hydrogen (secondary N) is 1. The molecule has 0 aromatic heterocycles. The Hall–Kier alpha value is -3.85. The number of carbonyl (C=O) groups is 2. The molecule has 0 saturated carbocycles. The second-order valence-electron chi connectivity index (χ2n) is 10.1. The van der Waals surface area contributed by atoms with Crippen molar-refractivity contribution < 1.29 is 22.7 Å². The molecule has 0 fully saturated rings. The molecule has 0 spiro atoms. The molecule has 8 nitrogen and oxygen atoms in total. The highest BCUT2D eigenvalue weighted by molar-refractivity contribution is 7.92. The van der Waals surface area contributed by atoms with Gasteiger partial charge < -0.3 is 15.0 Å². The largest absolute Gasteiger partial charge is 0.497 e. The standard InChI is InChI=1S/C32H41N3O5S/c1-6-25(4)33-32(37)30(7-2)34(22-21-26-11-9-8-10-12-26)31(36)23-35(27-15-17-28(40-5)18-16-27)41(38,39)29-19-13-24(3)14-20-29/h8-20,25,30H,6-7,21-23H2,1-5H3,(H,33,37). The summed E-state index contributed by atoms with van der Waals surface area (Å²) >= 11 is 0. The molecule has 0 radical (unpaired) electrons. The maximum atomic E-state index is 14.1. The first kappa shape index (κ1) is 31.7. The van der Waals surface area contributed by atoms with Gasteiger partial charge in [0.05, 0.1) is 17.7 Å². The van der Waals surface area contributed by atoms with Gasteiger partial charge >= 0.3 is 0 Å². The molecule has 1 N–H and O–H groups in total. The lowest BCUT2D eigenvalue weighted by atomic mass is 10.1. The molecule has 3 rings (SSSR count). The molecule has 220 valence electrons. The average Bonchev–Trinajstić information content (AvgIpc) is 2.98. The Labute approximate surface area is 244 Å². The van der Waals surface area contributed by atoms with Crippen molar-refractivity contribution in [2.45, 2.75) is 63.9 Å². The first-order valence-corrected chi connectivity index (χ1v) is 15.4. The Morgan fingerprint density at radius 1 is 0.902 bits per heavy atom. The van der Waals surface area contributed by atoms with Gasteiger partial charge in [-0.3, -0.25) is 13.9 Å². The molecule has 2 unspecified atom stereocenters. The lowest BCUT2D eigenvalue weighted by Gasteiger charge is -2.33. The van der Waals surface area contributed by atoms with Gasteiger partial charge in [0.1, 0.15) is 18.3 Å². The molecule has 2 amide bonds. The molecule has 3 aromatic rings. The number of hydrogen-bond donors (Lipinski definition) is 1. The smallest absolute Gasteiger partial charge is 0.264 e. The van der Waals surface area contributed by atoms with E-state index in [0.29, 0.717) is 24.3 Å². The number of benzene rings is 3. The first-order chi connectivity index (χ1) is 19.6. The minimum atomic E-state index is -4.12. The van der Waals surface area contributed by atoms with Crippen LogP contribution in [-0.4, -0.2) is 57.4 Å². The van der Waals surface area contributed by atoms with E-state index in [9.17, 15) is 18.0 Å². The number of anilines is 1. The number of hydrogen-bond acceptors (Lipinski definition) is 5. The molecule has 9 heteroatoms. The van der Waals surface area contributed by atoms with E-state index in [0.717, 1.165) is 21.9 Å². The maximum Gasteiger partial charge on any atom is 0.264 e. The van der Waals surface area contributed by atoms with E-state index in [2.05, 4.69) is 5.32 Å². The van der Waals surface area contributed by atoms with Crippen LogP contribution < -0.4 is 14.4 Å². The molecule has 0 saturated heterocycles. The van der Waals surface area contributed by atoms with E-state index in [1.54, 1.807) is 36.4 Å². The number of aryl methyl sites for hydroxylation is 1. The molecule has 0 aliphatic heterocycles. The number of rotatable bonds is 14. The van der Waals surface area contributed by atoms with Gasteiger partial charge in [0, 0.05) is 12.6 Å². The molecule has 2 atom stereocenters. The topological polar surface area (TPSA) is 96.0 Å². The number of nitrogens with zero attached hydrogens (tertiary/aromatic N) is 2. The number of sulfonamides is 1. The van der Waals surface area contributed by atoms with E-state index >= 15 is 0 Å². The van der Waals surface area contributed by atoms with Crippen molar-refractivity contribution in [2.75, 3.05) is 24.5 Å². The van der Waals surface area contributed by atoms with Gasteiger partial charge in [-0.15, -0.1) is 0 Å². The van der Waals surface area contributed by atoms with Crippen molar-refractivity contribution in [3.8, 4) is 5.75 Å². The molecule has 0 aliphatic carbocycles. The number of ether oxygens (including phenoxy) is 1. The molecule has 3 aromatic carbocycles. The fourth-order valence-corrected chi connectivity index (χ4v) is 5.87. The van der Waals surface area contributed by atoms with Crippen LogP contribution in [0.4, 0.5) is 5.69 Å². The molecule has 0 bridgehead atoms. The van der Waals surface area contributed by atoms with Crippen LogP contribution in [-0.2, 0) is 26.0 Å². The lowest BCUT2D eigenvalue weighted by molar-refractivity contribution is -0.139. The van der Waals surface area contributed by atoms with E-state index in [-0.39, 0.29) is 23.4 Å². The van der Waals surface area contributed by atoms with Crippen LogP contribution in [0.25, 0.3) is 0 Å². The molecule has 0 aliphatic rings. The molecule has 41 heavy (non-hydrogen) atoms. The summed E-state index contributed by atoms with van der Waals surface area (Å²) in [4.78, 5) is 29.0. The summed E-state index contributed by atoms with van der Waals surface area (Å²) in [6, 6.07) is 21.9. The molecular formula is C32H41N3O5S. The minimum Gasteiger partial charge on any atom is -0.497 e. The zero-order chi connectivity index (χ0) is 30.0. The highest BCUT2D eigenvalue weighted by Gasteiger charge is 2.33. The van der Waals surface area contributed by atoms with E-state index in [1.165, 1.54) is 24.1 Å². The predicted molar refractivity (Wildman–Crippen MR) is 163 cm³/mol. The maximum absolute atomic E-state index is 14.1. The van der Waals surface area contributed by atoms with Gasteiger partial charge in [0.2, 0.25) is 11.8 Å².